The molecule has 5 nitrogen and oxygen atoms in total. The highest BCUT2D eigenvalue weighted by atomic mass is 15.6. The molecular formula is C15H19N5. The largest absolute Gasteiger partial charge is 0.292 e. The molecular weight excluding hydrogens is 250 g/mol. The molecule has 20 heavy (non-hydrogen) atoms. The number of fused-ring (bicyclic) bond motifs is 1. The molecule has 0 amide bonds. The van der Waals surface area contributed by atoms with E-state index in [0.717, 1.165) is 12.4 Å². The Hall–Kier alpha value is -1.75. The summed E-state index contributed by atoms with van der Waals surface area (Å²) in [4.78, 5) is 2.39. The number of nitrogens with zero attached hydrogens (tertiary/aromatic N) is 5. The molecule has 5 heteroatoms. The molecule has 2 aromatic rings. The number of tetrazole rings is 1. The molecule has 2 aliphatic carbocycles. The average molecular weight is 269 g/mol. The quantitative estimate of drug-likeness (QED) is 0.853. The molecule has 1 unspecified atom stereocenters. The normalized spacial score (nSPS) is 21.4. The van der Waals surface area contributed by atoms with E-state index in [2.05, 4.69) is 51.7 Å². The Morgan fingerprint density at radius 2 is 2.10 bits per heavy atom. The Bertz CT molecular complexity index is 616. The first-order valence-electron chi connectivity index (χ1n) is 7.37. The summed E-state index contributed by atoms with van der Waals surface area (Å²) < 4.78 is 2.01. The van der Waals surface area contributed by atoms with Crippen LogP contribution in [0.2, 0.25) is 0 Å². The molecule has 0 N–H and O–H groups in total. The van der Waals surface area contributed by atoms with Gasteiger partial charge in [-0.2, -0.15) is 0 Å². The summed E-state index contributed by atoms with van der Waals surface area (Å²) in [6.07, 6.45) is 4.81. The van der Waals surface area contributed by atoms with Gasteiger partial charge in [-0.15, -0.1) is 5.10 Å². The molecule has 1 aromatic carbocycles. The Kier molecular flexibility index (Phi) is 2.80. The van der Waals surface area contributed by atoms with Crippen LogP contribution in [0.15, 0.2) is 24.3 Å². The average Bonchev–Trinajstić information content (AvgIpc) is 3.05. The lowest BCUT2D eigenvalue weighted by Crippen LogP contribution is -2.24. The van der Waals surface area contributed by atoms with Crippen molar-refractivity contribution in [2.75, 3.05) is 7.05 Å². The highest BCUT2D eigenvalue weighted by molar-refractivity contribution is 5.34. The van der Waals surface area contributed by atoms with E-state index in [4.69, 9.17) is 0 Å². The fraction of sp³-hybridized carbons (Fsp3) is 0.533. The van der Waals surface area contributed by atoms with Crippen molar-refractivity contribution in [3.05, 3.63) is 41.2 Å². The van der Waals surface area contributed by atoms with Crippen LogP contribution in [-0.2, 0) is 13.0 Å². The number of aromatic nitrogens is 4. The van der Waals surface area contributed by atoms with Crippen LogP contribution >= 0.6 is 0 Å². The van der Waals surface area contributed by atoms with E-state index in [-0.39, 0.29) is 0 Å². The molecule has 0 spiro atoms. The monoisotopic (exact) mass is 269 g/mol. The van der Waals surface area contributed by atoms with Gasteiger partial charge in [-0.1, -0.05) is 24.3 Å². The maximum Gasteiger partial charge on any atom is 0.165 e. The summed E-state index contributed by atoms with van der Waals surface area (Å²) in [5.41, 5.74) is 2.96. The first kappa shape index (κ1) is 12.0. The molecule has 2 aliphatic rings. The number of hydrogen-bond acceptors (Lipinski definition) is 4. The topological polar surface area (TPSA) is 46.8 Å². The number of benzene rings is 1. The molecule has 104 valence electrons. The van der Waals surface area contributed by atoms with Crippen LogP contribution in [-0.4, -0.2) is 32.2 Å². The minimum atomic E-state index is 0.496. The predicted molar refractivity (Wildman–Crippen MR) is 75.1 cm³/mol. The summed E-state index contributed by atoms with van der Waals surface area (Å²) in [7, 11) is 2.18. The van der Waals surface area contributed by atoms with E-state index in [1.807, 2.05) is 4.68 Å². The van der Waals surface area contributed by atoms with Crippen LogP contribution in [0.5, 0.6) is 0 Å². The summed E-state index contributed by atoms with van der Waals surface area (Å²) >= 11 is 0. The lowest BCUT2D eigenvalue weighted by molar-refractivity contribution is 0.226. The zero-order valence-corrected chi connectivity index (χ0v) is 11.7. The van der Waals surface area contributed by atoms with Crippen LogP contribution in [0.3, 0.4) is 0 Å². The lowest BCUT2D eigenvalue weighted by Gasteiger charge is -2.24. The van der Waals surface area contributed by atoms with Crippen LogP contribution in [0.4, 0.5) is 0 Å². The molecule has 1 aromatic heterocycles. The van der Waals surface area contributed by atoms with Crippen molar-refractivity contribution in [1.29, 1.82) is 0 Å². The maximum atomic E-state index is 4.20. The molecule has 0 aliphatic heterocycles. The summed E-state index contributed by atoms with van der Waals surface area (Å²) in [6.45, 7) is 0.822. The van der Waals surface area contributed by atoms with E-state index in [0.29, 0.717) is 12.1 Å². The van der Waals surface area contributed by atoms with Crippen molar-refractivity contribution in [3.63, 3.8) is 0 Å². The van der Waals surface area contributed by atoms with Crippen LogP contribution in [0.25, 0.3) is 0 Å². The minimum absolute atomic E-state index is 0.496. The third-order valence-corrected chi connectivity index (χ3v) is 4.48. The summed E-state index contributed by atoms with van der Waals surface area (Å²) in [5, 5.41) is 12.2. The van der Waals surface area contributed by atoms with E-state index < -0.39 is 0 Å². The molecule has 0 radical (unpaired) electrons. The van der Waals surface area contributed by atoms with Gasteiger partial charge in [-0.3, -0.25) is 4.90 Å². The van der Waals surface area contributed by atoms with Crippen molar-refractivity contribution >= 4 is 0 Å². The Labute approximate surface area is 118 Å². The number of rotatable bonds is 4. The molecule has 1 fully saturated rings. The molecule has 1 atom stereocenters. The van der Waals surface area contributed by atoms with Crippen LogP contribution in [0, 0.1) is 0 Å². The highest BCUT2D eigenvalue weighted by Crippen LogP contribution is 2.37. The molecule has 4 rings (SSSR count). The van der Waals surface area contributed by atoms with Gasteiger partial charge in [0.15, 0.2) is 5.82 Å². The summed E-state index contributed by atoms with van der Waals surface area (Å²) in [5.74, 6) is 0.999. The smallest absolute Gasteiger partial charge is 0.165 e. The second-order valence-corrected chi connectivity index (χ2v) is 5.94. The van der Waals surface area contributed by atoms with Gasteiger partial charge in [-0.05, 0) is 54.3 Å². The van der Waals surface area contributed by atoms with E-state index in [9.17, 15) is 0 Å². The highest BCUT2D eigenvalue weighted by Gasteiger charge is 2.30. The predicted octanol–water partition coefficient (Wildman–Crippen LogP) is 2.13. The Morgan fingerprint density at radius 3 is 2.95 bits per heavy atom. The third kappa shape index (κ3) is 2.02. The van der Waals surface area contributed by atoms with Crippen molar-refractivity contribution < 1.29 is 0 Å². The minimum Gasteiger partial charge on any atom is -0.292 e. The number of hydrogen-bond donors (Lipinski definition) is 0. The first-order chi connectivity index (χ1) is 9.83. The Morgan fingerprint density at radius 1 is 1.25 bits per heavy atom. The van der Waals surface area contributed by atoms with Gasteiger partial charge in [0, 0.05) is 6.04 Å². The molecule has 0 saturated heterocycles. The zero-order valence-electron chi connectivity index (χ0n) is 11.7. The van der Waals surface area contributed by atoms with Gasteiger partial charge in [-0.25, -0.2) is 4.68 Å². The second kappa shape index (κ2) is 4.66. The van der Waals surface area contributed by atoms with Crippen molar-refractivity contribution in [2.45, 2.75) is 44.3 Å². The van der Waals surface area contributed by atoms with Gasteiger partial charge in [0.25, 0.3) is 0 Å². The Balaban J connectivity index is 1.53. The second-order valence-electron chi connectivity index (χ2n) is 5.94. The zero-order chi connectivity index (χ0) is 13.5. The van der Waals surface area contributed by atoms with Crippen molar-refractivity contribution in [2.24, 2.45) is 0 Å². The van der Waals surface area contributed by atoms with Crippen molar-refractivity contribution in [1.82, 2.24) is 25.1 Å². The SMILES string of the molecule is CN(Cc1nnnn1C1CC1)C1CCc2ccccc21. The molecule has 1 saturated carbocycles. The standard InChI is InChI=1S/C15H19N5/c1-19(10-15-16-17-18-20(15)12-7-8-12)14-9-6-11-4-2-3-5-13(11)14/h2-5,12,14H,6-10H2,1H3. The fourth-order valence-corrected chi connectivity index (χ4v) is 3.24. The first-order valence-corrected chi connectivity index (χ1v) is 7.37. The lowest BCUT2D eigenvalue weighted by atomic mass is 10.1. The third-order valence-electron chi connectivity index (χ3n) is 4.48. The molecule has 0 bridgehead atoms. The number of aryl methyl sites for hydroxylation is 1. The van der Waals surface area contributed by atoms with Gasteiger partial charge in [0.05, 0.1) is 12.6 Å². The summed E-state index contributed by atoms with van der Waals surface area (Å²) in [6, 6.07) is 9.82. The van der Waals surface area contributed by atoms with E-state index in [1.165, 1.54) is 36.8 Å². The van der Waals surface area contributed by atoms with E-state index >= 15 is 0 Å². The van der Waals surface area contributed by atoms with Crippen LogP contribution in [0.1, 0.15) is 48.3 Å². The molecule has 1 heterocycles. The van der Waals surface area contributed by atoms with Gasteiger partial charge >= 0.3 is 0 Å². The van der Waals surface area contributed by atoms with E-state index in [1.54, 1.807) is 0 Å². The van der Waals surface area contributed by atoms with Gasteiger partial charge in [0.2, 0.25) is 0 Å². The van der Waals surface area contributed by atoms with Crippen molar-refractivity contribution in [3.8, 4) is 0 Å². The fourth-order valence-electron chi connectivity index (χ4n) is 3.24. The van der Waals surface area contributed by atoms with Gasteiger partial charge in [0.1, 0.15) is 0 Å². The van der Waals surface area contributed by atoms with Crippen LogP contribution < -0.4 is 0 Å². The van der Waals surface area contributed by atoms with Gasteiger partial charge < -0.3 is 0 Å². The maximum absolute atomic E-state index is 4.20.